The summed E-state index contributed by atoms with van der Waals surface area (Å²) in [6.45, 7) is 0. The number of rotatable bonds is 2. The van der Waals surface area contributed by atoms with Crippen LogP contribution in [0.4, 0.5) is 4.39 Å². The minimum atomic E-state index is -4.15. The highest BCUT2D eigenvalue weighted by molar-refractivity contribution is 8.13. The Hall–Kier alpha value is -1.40. The molecule has 84 valence electrons. The number of hydrogen-bond acceptors (Lipinski definition) is 3. The summed E-state index contributed by atoms with van der Waals surface area (Å²) in [5.41, 5.74) is 0.0833. The maximum atomic E-state index is 13.4. The van der Waals surface area contributed by atoms with E-state index in [2.05, 4.69) is 5.10 Å². The van der Waals surface area contributed by atoms with Gasteiger partial charge >= 0.3 is 0 Å². The molecule has 0 atom stereocenters. The van der Waals surface area contributed by atoms with Crippen LogP contribution >= 0.6 is 10.7 Å². The van der Waals surface area contributed by atoms with Gasteiger partial charge in [-0.05, 0) is 18.2 Å². The summed E-state index contributed by atoms with van der Waals surface area (Å²) in [4.78, 5) is -0.569. The maximum absolute atomic E-state index is 13.4. The molecule has 0 N–H and O–H groups in total. The van der Waals surface area contributed by atoms with Gasteiger partial charge in [0, 0.05) is 23.1 Å². The molecule has 2 rings (SSSR count). The first-order chi connectivity index (χ1) is 7.50. The summed E-state index contributed by atoms with van der Waals surface area (Å²) in [6.07, 6.45) is 2.95. The van der Waals surface area contributed by atoms with E-state index in [0.717, 1.165) is 6.07 Å². The normalized spacial score (nSPS) is 11.6. The van der Waals surface area contributed by atoms with Gasteiger partial charge in [-0.3, -0.25) is 0 Å². The Bertz CT molecular complexity index is 610. The van der Waals surface area contributed by atoms with Gasteiger partial charge in [0.1, 0.15) is 10.7 Å². The molecule has 16 heavy (non-hydrogen) atoms. The van der Waals surface area contributed by atoms with Crippen molar-refractivity contribution in [2.75, 3.05) is 0 Å². The summed E-state index contributed by atoms with van der Waals surface area (Å²) in [7, 11) is 1.02. The number of nitrogens with zero attached hydrogens (tertiary/aromatic N) is 2. The van der Waals surface area contributed by atoms with E-state index in [-0.39, 0.29) is 5.69 Å². The van der Waals surface area contributed by atoms with E-state index < -0.39 is 19.8 Å². The molecule has 0 unspecified atom stereocenters. The minimum absolute atomic E-state index is 0.0833. The first-order valence-corrected chi connectivity index (χ1v) is 6.54. The molecule has 0 saturated carbocycles. The van der Waals surface area contributed by atoms with Crippen LogP contribution in [-0.4, -0.2) is 18.2 Å². The average Bonchev–Trinajstić information content (AvgIpc) is 2.67. The standard InChI is InChI=1S/C9H6ClFN2O2S/c10-16(14,15)9-7(11)3-1-4-8(9)13-6-2-5-12-13/h1-6H. The van der Waals surface area contributed by atoms with Gasteiger partial charge in [0.05, 0.1) is 5.69 Å². The highest BCUT2D eigenvalue weighted by atomic mass is 35.7. The molecule has 1 heterocycles. The largest absolute Gasteiger partial charge is 0.266 e. The first kappa shape index (κ1) is 11.1. The Morgan fingerprint density at radius 3 is 2.62 bits per heavy atom. The summed E-state index contributed by atoms with van der Waals surface area (Å²) in [5, 5.41) is 3.83. The van der Waals surface area contributed by atoms with E-state index in [9.17, 15) is 12.8 Å². The van der Waals surface area contributed by atoms with Crippen LogP contribution in [0.3, 0.4) is 0 Å². The molecule has 4 nitrogen and oxygen atoms in total. The van der Waals surface area contributed by atoms with Crippen LogP contribution in [0.5, 0.6) is 0 Å². The van der Waals surface area contributed by atoms with Crippen molar-refractivity contribution in [2.45, 2.75) is 4.90 Å². The molecule has 0 fully saturated rings. The Balaban J connectivity index is 2.77. The van der Waals surface area contributed by atoms with Crippen molar-refractivity contribution in [2.24, 2.45) is 0 Å². The minimum Gasteiger partial charge on any atom is -0.240 e. The van der Waals surface area contributed by atoms with Crippen molar-refractivity contribution in [3.63, 3.8) is 0 Å². The molecule has 7 heteroatoms. The van der Waals surface area contributed by atoms with Gasteiger partial charge < -0.3 is 0 Å². The Morgan fingerprint density at radius 1 is 1.31 bits per heavy atom. The van der Waals surface area contributed by atoms with E-state index >= 15 is 0 Å². The van der Waals surface area contributed by atoms with Crippen LogP contribution in [0, 0.1) is 5.82 Å². The third-order valence-electron chi connectivity index (χ3n) is 1.94. The van der Waals surface area contributed by atoms with Crippen molar-refractivity contribution in [3.8, 4) is 5.69 Å². The van der Waals surface area contributed by atoms with Crippen molar-refractivity contribution >= 4 is 19.7 Å². The molecule has 0 spiro atoms. The molecule has 0 radical (unpaired) electrons. The molecular formula is C9H6ClFN2O2S. The molecule has 0 saturated heterocycles. The fraction of sp³-hybridized carbons (Fsp3) is 0. The molecule has 0 aliphatic heterocycles. The van der Waals surface area contributed by atoms with Crippen molar-refractivity contribution in [3.05, 3.63) is 42.5 Å². The van der Waals surface area contributed by atoms with Crippen molar-refractivity contribution < 1.29 is 12.8 Å². The lowest BCUT2D eigenvalue weighted by Gasteiger charge is -2.07. The molecule has 2 aromatic rings. The monoisotopic (exact) mass is 260 g/mol. The highest BCUT2D eigenvalue weighted by Crippen LogP contribution is 2.25. The second-order valence-electron chi connectivity index (χ2n) is 2.98. The molecule has 0 amide bonds. The lowest BCUT2D eigenvalue weighted by molar-refractivity contribution is 0.571. The predicted molar refractivity (Wildman–Crippen MR) is 56.6 cm³/mol. The van der Waals surface area contributed by atoms with E-state index in [4.69, 9.17) is 10.7 Å². The number of benzene rings is 1. The van der Waals surface area contributed by atoms with Gasteiger partial charge in [0.25, 0.3) is 9.05 Å². The molecule has 0 aliphatic carbocycles. The second kappa shape index (κ2) is 3.88. The highest BCUT2D eigenvalue weighted by Gasteiger charge is 2.21. The fourth-order valence-corrected chi connectivity index (χ4v) is 2.50. The van der Waals surface area contributed by atoms with Gasteiger partial charge in [-0.1, -0.05) is 6.07 Å². The summed E-state index contributed by atoms with van der Waals surface area (Å²) < 4.78 is 37.2. The quantitative estimate of drug-likeness (QED) is 0.776. The maximum Gasteiger partial charge on any atom is 0.266 e. The SMILES string of the molecule is O=S(=O)(Cl)c1c(F)cccc1-n1cccn1. The topological polar surface area (TPSA) is 52.0 Å². The average molecular weight is 261 g/mol. The summed E-state index contributed by atoms with van der Waals surface area (Å²) in [5.74, 6) is -0.900. The van der Waals surface area contributed by atoms with E-state index in [0.29, 0.717) is 0 Å². The number of hydrogen-bond donors (Lipinski definition) is 0. The van der Waals surface area contributed by atoms with Crippen molar-refractivity contribution in [1.82, 2.24) is 9.78 Å². The zero-order valence-electron chi connectivity index (χ0n) is 7.84. The zero-order valence-corrected chi connectivity index (χ0v) is 9.41. The van der Waals surface area contributed by atoms with Crippen LogP contribution in [-0.2, 0) is 9.05 Å². The molecule has 0 bridgehead atoms. The third-order valence-corrected chi connectivity index (χ3v) is 3.30. The predicted octanol–water partition coefficient (Wildman–Crippen LogP) is 1.94. The van der Waals surface area contributed by atoms with Crippen LogP contribution in [0.1, 0.15) is 0 Å². The van der Waals surface area contributed by atoms with Crippen LogP contribution in [0.15, 0.2) is 41.6 Å². The van der Waals surface area contributed by atoms with Crippen LogP contribution in [0.25, 0.3) is 5.69 Å². The van der Waals surface area contributed by atoms with Gasteiger partial charge in [-0.2, -0.15) is 5.10 Å². The molecule has 0 aliphatic rings. The Labute approximate surface area is 95.7 Å². The van der Waals surface area contributed by atoms with Crippen LogP contribution < -0.4 is 0 Å². The Morgan fingerprint density at radius 2 is 2.06 bits per heavy atom. The Kier molecular flexibility index (Phi) is 2.69. The fourth-order valence-electron chi connectivity index (χ4n) is 1.33. The van der Waals surface area contributed by atoms with E-state index in [1.165, 1.54) is 29.2 Å². The summed E-state index contributed by atoms with van der Waals surface area (Å²) >= 11 is 0. The smallest absolute Gasteiger partial charge is 0.240 e. The van der Waals surface area contributed by atoms with Gasteiger partial charge in [-0.15, -0.1) is 0 Å². The lowest BCUT2D eigenvalue weighted by Crippen LogP contribution is -2.05. The zero-order chi connectivity index (χ0) is 11.8. The molecule has 1 aromatic carbocycles. The molecule has 1 aromatic heterocycles. The third kappa shape index (κ3) is 1.94. The lowest BCUT2D eigenvalue weighted by atomic mass is 10.3. The van der Waals surface area contributed by atoms with Gasteiger partial charge in [-0.25, -0.2) is 17.5 Å². The van der Waals surface area contributed by atoms with E-state index in [1.807, 2.05) is 0 Å². The van der Waals surface area contributed by atoms with Gasteiger partial charge in [0.2, 0.25) is 0 Å². The first-order valence-electron chi connectivity index (χ1n) is 4.23. The summed E-state index contributed by atoms with van der Waals surface area (Å²) in [6, 6.07) is 5.43. The molecular weight excluding hydrogens is 255 g/mol. The van der Waals surface area contributed by atoms with E-state index in [1.54, 1.807) is 6.07 Å². The van der Waals surface area contributed by atoms with Gasteiger partial charge in [0.15, 0.2) is 0 Å². The van der Waals surface area contributed by atoms with Crippen LogP contribution in [0.2, 0.25) is 0 Å². The second-order valence-corrected chi connectivity index (χ2v) is 5.48. The number of halogens is 2. The van der Waals surface area contributed by atoms with Crippen molar-refractivity contribution in [1.29, 1.82) is 0 Å². The number of aromatic nitrogens is 2.